The predicted octanol–water partition coefficient (Wildman–Crippen LogP) is 3.99. The van der Waals surface area contributed by atoms with Crippen molar-refractivity contribution in [3.05, 3.63) is 61.6 Å². The van der Waals surface area contributed by atoms with Crippen molar-refractivity contribution in [2.45, 2.75) is 64.3 Å². The summed E-state index contributed by atoms with van der Waals surface area (Å²) in [4.78, 5) is 40.5. The van der Waals surface area contributed by atoms with Gasteiger partial charge in [0.15, 0.2) is 0 Å². The summed E-state index contributed by atoms with van der Waals surface area (Å²) in [5, 5.41) is 2.44. The molecule has 2 fully saturated rings. The maximum absolute atomic E-state index is 14.0. The molecule has 0 spiro atoms. The third-order valence-corrected chi connectivity index (χ3v) is 8.96. The van der Waals surface area contributed by atoms with E-state index in [1.807, 2.05) is 43.5 Å². The Morgan fingerprint density at radius 2 is 1.89 bits per heavy atom. The predicted molar refractivity (Wildman–Crippen MR) is 144 cm³/mol. The number of thiophene rings is 1. The lowest BCUT2D eigenvalue weighted by atomic mass is 9.66. The Labute approximate surface area is 224 Å². The molecular weight excluding hydrogens is 508 g/mol. The van der Waals surface area contributed by atoms with Crippen molar-refractivity contribution in [3.8, 4) is 5.75 Å². The van der Waals surface area contributed by atoms with Crippen LogP contribution in [0.15, 0.2) is 39.2 Å². The number of esters is 1. The molecule has 0 bridgehead atoms. The zero-order valence-electron chi connectivity index (χ0n) is 22.2. The molecule has 38 heavy (non-hydrogen) atoms. The van der Waals surface area contributed by atoms with Crippen molar-refractivity contribution in [3.63, 3.8) is 0 Å². The summed E-state index contributed by atoms with van der Waals surface area (Å²) in [6.45, 7) is 5.17. The second-order valence-corrected chi connectivity index (χ2v) is 11.3. The Morgan fingerprint density at radius 3 is 2.58 bits per heavy atom. The molecule has 0 amide bonds. The smallest absolute Gasteiger partial charge is 0.332 e. The number of hydrogen-bond donors (Lipinski definition) is 0. The Balaban J connectivity index is 1.59. The van der Waals surface area contributed by atoms with E-state index in [0.29, 0.717) is 42.0 Å². The molecular formula is C28H34N2O7S. The van der Waals surface area contributed by atoms with Crippen molar-refractivity contribution in [2.24, 2.45) is 5.41 Å². The van der Waals surface area contributed by atoms with Crippen molar-refractivity contribution in [1.29, 1.82) is 0 Å². The van der Waals surface area contributed by atoms with Gasteiger partial charge in [0, 0.05) is 24.8 Å². The van der Waals surface area contributed by atoms with Gasteiger partial charge in [0.25, 0.3) is 5.56 Å². The lowest BCUT2D eigenvalue weighted by Crippen LogP contribution is -2.51. The van der Waals surface area contributed by atoms with Crippen LogP contribution in [0, 0.1) is 12.3 Å². The van der Waals surface area contributed by atoms with Gasteiger partial charge in [0.05, 0.1) is 37.7 Å². The molecule has 9 nitrogen and oxygen atoms in total. The highest BCUT2D eigenvalue weighted by Crippen LogP contribution is 2.48. The van der Waals surface area contributed by atoms with Crippen LogP contribution < -0.4 is 16.0 Å². The van der Waals surface area contributed by atoms with Gasteiger partial charge in [-0.25, -0.2) is 4.79 Å². The van der Waals surface area contributed by atoms with Crippen LogP contribution in [0.3, 0.4) is 0 Å². The van der Waals surface area contributed by atoms with E-state index in [9.17, 15) is 14.4 Å². The molecule has 3 heterocycles. The zero-order chi connectivity index (χ0) is 27.0. The maximum Gasteiger partial charge on any atom is 0.332 e. The maximum atomic E-state index is 14.0. The molecule has 1 saturated heterocycles. The van der Waals surface area contributed by atoms with E-state index in [-0.39, 0.29) is 30.2 Å². The first-order valence-electron chi connectivity index (χ1n) is 12.9. The highest BCUT2D eigenvalue weighted by molar-refractivity contribution is 7.17. The lowest BCUT2D eigenvalue weighted by Gasteiger charge is -2.43. The third kappa shape index (κ3) is 4.69. The largest absolute Gasteiger partial charge is 0.496 e. The fraction of sp³-hybridized carbons (Fsp3) is 0.536. The molecule has 3 aromatic rings. The number of aryl methyl sites for hydroxylation is 1. The van der Waals surface area contributed by atoms with E-state index in [1.54, 1.807) is 11.7 Å². The summed E-state index contributed by atoms with van der Waals surface area (Å²) in [5.74, 6) is 0.355. The van der Waals surface area contributed by atoms with E-state index in [1.165, 1.54) is 23.0 Å². The van der Waals surface area contributed by atoms with Crippen LogP contribution >= 0.6 is 11.3 Å². The standard InChI is InChI=1S/C28H34N2O7S/c1-17-16-38-25-23(17)24(31)30(18-13-28(2,14-18)26(32)35-4)27(33)29(25)15-22(37-19-9-11-36-12-10-19)20-7-5-6-8-21(20)34-3/h5-8,16,18-19,22H,9-15H2,1-4H3/t18-,22-,28-/m0/s1. The third-order valence-electron chi connectivity index (χ3n) is 7.85. The van der Waals surface area contributed by atoms with Crippen LogP contribution in [0.1, 0.15) is 55.9 Å². The average Bonchev–Trinajstić information content (AvgIpc) is 3.30. The summed E-state index contributed by atoms with van der Waals surface area (Å²) in [6.07, 6.45) is 1.78. The van der Waals surface area contributed by atoms with Gasteiger partial charge in [-0.2, -0.15) is 0 Å². The second kappa shape index (κ2) is 10.7. The number of rotatable bonds is 8. The summed E-state index contributed by atoms with van der Waals surface area (Å²) in [7, 11) is 2.98. The van der Waals surface area contributed by atoms with E-state index < -0.39 is 17.2 Å². The second-order valence-electron chi connectivity index (χ2n) is 10.5. The topological polar surface area (TPSA) is 98.0 Å². The number of benzene rings is 1. The number of carbonyl (C=O) groups excluding carboxylic acids is 1. The number of hydrogen-bond acceptors (Lipinski definition) is 8. The lowest BCUT2D eigenvalue weighted by molar-refractivity contribution is -0.159. The quantitative estimate of drug-likeness (QED) is 0.397. The Hall–Kier alpha value is -2.95. The Kier molecular flexibility index (Phi) is 7.48. The molecule has 1 aliphatic heterocycles. The fourth-order valence-corrected chi connectivity index (χ4v) is 6.78. The number of nitrogens with zero attached hydrogens (tertiary/aromatic N) is 2. The summed E-state index contributed by atoms with van der Waals surface area (Å²) >= 11 is 1.39. The van der Waals surface area contributed by atoms with Gasteiger partial charge in [-0.3, -0.25) is 18.7 Å². The van der Waals surface area contributed by atoms with Crippen molar-refractivity contribution in [1.82, 2.24) is 9.13 Å². The SMILES string of the molecule is COc1ccccc1[C@H](Cn1c(=O)n([C@H]2C[C@](C)(C(=O)OC)C2)c(=O)c2c(C)csc21)OC1CCOCC1. The fourth-order valence-electron chi connectivity index (χ4n) is 5.73. The van der Waals surface area contributed by atoms with Crippen LogP contribution in [-0.2, 0) is 25.5 Å². The average molecular weight is 543 g/mol. The van der Waals surface area contributed by atoms with Crippen LogP contribution in [0.2, 0.25) is 0 Å². The van der Waals surface area contributed by atoms with E-state index in [2.05, 4.69) is 0 Å². The van der Waals surface area contributed by atoms with Gasteiger partial charge in [0.2, 0.25) is 0 Å². The highest BCUT2D eigenvalue weighted by atomic mass is 32.1. The molecule has 0 N–H and O–H groups in total. The Morgan fingerprint density at radius 1 is 1.18 bits per heavy atom. The molecule has 1 aliphatic carbocycles. The molecule has 2 aliphatic rings. The minimum atomic E-state index is -0.707. The van der Waals surface area contributed by atoms with Crippen LogP contribution in [0.4, 0.5) is 0 Å². The van der Waals surface area contributed by atoms with Gasteiger partial charge >= 0.3 is 11.7 Å². The van der Waals surface area contributed by atoms with Crippen LogP contribution in [0.25, 0.3) is 10.2 Å². The van der Waals surface area contributed by atoms with Crippen molar-refractivity contribution < 1.29 is 23.7 Å². The first-order valence-corrected chi connectivity index (χ1v) is 13.8. The van der Waals surface area contributed by atoms with E-state index >= 15 is 0 Å². The van der Waals surface area contributed by atoms with Crippen LogP contribution in [-0.4, -0.2) is 48.6 Å². The molecule has 2 aromatic heterocycles. The van der Waals surface area contributed by atoms with Gasteiger partial charge in [-0.05, 0) is 56.5 Å². The first kappa shape index (κ1) is 26.6. The molecule has 10 heteroatoms. The minimum absolute atomic E-state index is 0.0202. The van der Waals surface area contributed by atoms with E-state index in [4.69, 9.17) is 18.9 Å². The van der Waals surface area contributed by atoms with Gasteiger partial charge in [0.1, 0.15) is 16.7 Å². The first-order chi connectivity index (χ1) is 18.3. The summed E-state index contributed by atoms with van der Waals surface area (Å²) in [6, 6.07) is 7.28. The van der Waals surface area contributed by atoms with Crippen molar-refractivity contribution >= 4 is 27.5 Å². The normalized spacial score (nSPS) is 22.7. The summed E-state index contributed by atoms with van der Waals surface area (Å²) < 4.78 is 25.7. The monoisotopic (exact) mass is 542 g/mol. The molecule has 204 valence electrons. The molecule has 1 aromatic carbocycles. The number of aromatic nitrogens is 2. The minimum Gasteiger partial charge on any atom is -0.496 e. The van der Waals surface area contributed by atoms with Gasteiger partial charge in [-0.15, -0.1) is 11.3 Å². The van der Waals surface area contributed by atoms with Gasteiger partial charge < -0.3 is 18.9 Å². The van der Waals surface area contributed by atoms with Gasteiger partial charge in [-0.1, -0.05) is 18.2 Å². The molecule has 1 saturated carbocycles. The molecule has 5 rings (SSSR count). The van der Waals surface area contributed by atoms with Crippen LogP contribution in [0.5, 0.6) is 5.75 Å². The number of methoxy groups -OCH3 is 2. The Bertz CT molecular complexity index is 1440. The number of para-hydroxylation sites is 1. The molecule has 0 radical (unpaired) electrons. The van der Waals surface area contributed by atoms with E-state index in [0.717, 1.165) is 24.0 Å². The molecule has 1 atom stereocenters. The number of ether oxygens (including phenoxy) is 4. The zero-order valence-corrected chi connectivity index (χ0v) is 23.0. The van der Waals surface area contributed by atoms with Crippen molar-refractivity contribution in [2.75, 3.05) is 27.4 Å². The molecule has 0 unspecified atom stereocenters. The highest BCUT2D eigenvalue weighted by Gasteiger charge is 2.49. The number of carbonyl (C=O) groups is 1. The summed E-state index contributed by atoms with van der Waals surface area (Å²) in [5.41, 5.74) is 0.259. The number of fused-ring (bicyclic) bond motifs is 1.